The van der Waals surface area contributed by atoms with Crippen molar-refractivity contribution in [3.8, 4) is 5.75 Å². The first-order valence-electron chi connectivity index (χ1n) is 4.67. The molecule has 0 atom stereocenters. The number of hydrogen-bond acceptors (Lipinski definition) is 1. The summed E-state index contributed by atoms with van der Waals surface area (Å²) in [5, 5.41) is 0. The average Bonchev–Trinajstić information content (AvgIpc) is 2.03. The maximum atomic E-state index is 5.59. The molecule has 1 heteroatoms. The van der Waals surface area contributed by atoms with Gasteiger partial charge >= 0.3 is 0 Å². The molecule has 0 fully saturated rings. The average molecular weight is 177 g/mol. The summed E-state index contributed by atoms with van der Waals surface area (Å²) in [5.74, 6) is 2.27. The zero-order valence-electron chi connectivity index (χ0n) is 8.79. The quantitative estimate of drug-likeness (QED) is 0.687. The number of benzene rings is 1. The molecule has 1 nitrogen and oxygen atoms in total. The normalized spacial score (nSPS) is 10.9. The van der Waals surface area contributed by atoms with Crippen LogP contribution in [0.25, 0.3) is 0 Å². The molecule has 1 radical (unpaired) electrons. The molecule has 1 rings (SSSR count). The minimum Gasteiger partial charge on any atom is -0.491 e. The summed E-state index contributed by atoms with van der Waals surface area (Å²) in [6, 6.07) is 8.20. The van der Waals surface area contributed by atoms with Gasteiger partial charge in [0.15, 0.2) is 0 Å². The van der Waals surface area contributed by atoms with Crippen LogP contribution in [0.1, 0.15) is 33.3 Å². The van der Waals surface area contributed by atoms with Crippen molar-refractivity contribution in [1.82, 2.24) is 0 Å². The Balaban J connectivity index is 2.79. The van der Waals surface area contributed by atoms with Crippen LogP contribution >= 0.6 is 0 Å². The lowest BCUT2D eigenvalue weighted by Gasteiger charge is -2.11. The number of ether oxygens (including phenoxy) is 1. The maximum Gasteiger partial charge on any atom is 0.119 e. The van der Waals surface area contributed by atoms with E-state index in [0.717, 1.165) is 5.75 Å². The van der Waals surface area contributed by atoms with Crippen LogP contribution in [0.3, 0.4) is 0 Å². The smallest absolute Gasteiger partial charge is 0.119 e. The van der Waals surface area contributed by atoms with Gasteiger partial charge in [0.05, 0.1) is 6.10 Å². The minimum absolute atomic E-state index is 0.243. The third-order valence-corrected chi connectivity index (χ3v) is 1.78. The van der Waals surface area contributed by atoms with Gasteiger partial charge in [-0.15, -0.1) is 0 Å². The van der Waals surface area contributed by atoms with Crippen molar-refractivity contribution in [2.45, 2.75) is 33.8 Å². The fourth-order valence-electron chi connectivity index (χ4n) is 1.15. The Labute approximate surface area is 80.7 Å². The van der Waals surface area contributed by atoms with Gasteiger partial charge in [0, 0.05) is 0 Å². The first-order chi connectivity index (χ1) is 6.09. The van der Waals surface area contributed by atoms with E-state index < -0.39 is 0 Å². The summed E-state index contributed by atoms with van der Waals surface area (Å²) in [5.41, 5.74) is 1.25. The van der Waals surface area contributed by atoms with Crippen molar-refractivity contribution in [2.24, 2.45) is 0 Å². The molecule has 0 aliphatic rings. The van der Waals surface area contributed by atoms with Crippen molar-refractivity contribution in [2.75, 3.05) is 0 Å². The number of rotatable bonds is 3. The molecular weight excluding hydrogens is 160 g/mol. The Morgan fingerprint density at radius 1 is 1.23 bits per heavy atom. The van der Waals surface area contributed by atoms with Crippen LogP contribution in [0.5, 0.6) is 5.75 Å². The van der Waals surface area contributed by atoms with Gasteiger partial charge < -0.3 is 4.74 Å². The van der Waals surface area contributed by atoms with Crippen LogP contribution in [0, 0.1) is 5.92 Å². The van der Waals surface area contributed by atoms with Crippen LogP contribution < -0.4 is 4.74 Å². The first kappa shape index (κ1) is 10.1. The Bertz CT molecular complexity index is 264. The molecule has 0 N–H and O–H groups in total. The molecule has 0 unspecified atom stereocenters. The fraction of sp³-hybridized carbons (Fsp3) is 0.417. The maximum absolute atomic E-state index is 5.59. The summed E-state index contributed by atoms with van der Waals surface area (Å²) in [4.78, 5) is 0. The Morgan fingerprint density at radius 2 is 1.92 bits per heavy atom. The van der Waals surface area contributed by atoms with Crippen molar-refractivity contribution >= 4 is 0 Å². The minimum atomic E-state index is 0.243. The Hall–Kier alpha value is -0.980. The van der Waals surface area contributed by atoms with E-state index in [-0.39, 0.29) is 6.10 Å². The van der Waals surface area contributed by atoms with E-state index in [1.165, 1.54) is 11.5 Å². The molecule has 13 heavy (non-hydrogen) atoms. The van der Waals surface area contributed by atoms with Crippen molar-refractivity contribution in [3.63, 3.8) is 0 Å². The van der Waals surface area contributed by atoms with Crippen molar-refractivity contribution in [1.29, 1.82) is 0 Å². The monoisotopic (exact) mass is 177 g/mol. The lowest BCUT2D eigenvalue weighted by molar-refractivity contribution is 0.242. The second-order valence-electron chi connectivity index (χ2n) is 3.69. The highest BCUT2D eigenvalue weighted by atomic mass is 16.5. The van der Waals surface area contributed by atoms with Crippen molar-refractivity contribution < 1.29 is 4.74 Å². The van der Waals surface area contributed by atoms with Crippen LogP contribution in [0.4, 0.5) is 0 Å². The first-order valence-corrected chi connectivity index (χ1v) is 4.67. The zero-order valence-corrected chi connectivity index (χ0v) is 8.79. The van der Waals surface area contributed by atoms with Gasteiger partial charge in [-0.1, -0.05) is 26.0 Å². The molecule has 0 saturated heterocycles. The molecule has 1 aromatic carbocycles. The molecule has 1 aromatic rings. The van der Waals surface area contributed by atoms with Crippen molar-refractivity contribution in [3.05, 3.63) is 35.7 Å². The highest BCUT2D eigenvalue weighted by Crippen LogP contribution is 2.20. The molecule has 0 amide bonds. The van der Waals surface area contributed by atoms with Gasteiger partial charge in [-0.3, -0.25) is 0 Å². The summed E-state index contributed by atoms with van der Waals surface area (Å²) in [6.45, 7) is 8.29. The van der Waals surface area contributed by atoms with Crippen LogP contribution in [0.15, 0.2) is 24.3 Å². The van der Waals surface area contributed by atoms with E-state index in [1.807, 2.05) is 26.0 Å². The molecule has 0 aliphatic carbocycles. The molecule has 0 heterocycles. The third kappa shape index (κ3) is 3.10. The van der Waals surface area contributed by atoms with E-state index in [0.29, 0.717) is 0 Å². The lowest BCUT2D eigenvalue weighted by Crippen LogP contribution is -2.05. The van der Waals surface area contributed by atoms with Gasteiger partial charge in [-0.25, -0.2) is 0 Å². The molecule has 0 aliphatic heterocycles. The van der Waals surface area contributed by atoms with Crippen LogP contribution in [0.2, 0.25) is 0 Å². The Morgan fingerprint density at radius 3 is 2.46 bits per heavy atom. The van der Waals surface area contributed by atoms with E-state index >= 15 is 0 Å². The van der Waals surface area contributed by atoms with E-state index in [9.17, 15) is 0 Å². The highest BCUT2D eigenvalue weighted by Gasteiger charge is 2.02. The van der Waals surface area contributed by atoms with Crippen LogP contribution in [-0.2, 0) is 0 Å². The molecule has 0 aromatic heterocycles. The predicted octanol–water partition coefficient (Wildman–Crippen LogP) is 3.44. The molecule has 0 saturated carbocycles. The third-order valence-electron chi connectivity index (χ3n) is 1.78. The predicted molar refractivity (Wildman–Crippen MR) is 55.9 cm³/mol. The highest BCUT2D eigenvalue weighted by molar-refractivity contribution is 5.35. The largest absolute Gasteiger partial charge is 0.491 e. The summed E-state index contributed by atoms with van der Waals surface area (Å²) < 4.78 is 5.59. The van der Waals surface area contributed by atoms with E-state index in [4.69, 9.17) is 4.74 Å². The fourth-order valence-corrected chi connectivity index (χ4v) is 1.15. The second-order valence-corrected chi connectivity index (χ2v) is 3.69. The van der Waals surface area contributed by atoms with Crippen LogP contribution in [-0.4, -0.2) is 6.10 Å². The molecular formula is C12H17O. The topological polar surface area (TPSA) is 9.23 Å². The molecule has 71 valence electrons. The summed E-state index contributed by atoms with van der Waals surface area (Å²) >= 11 is 0. The van der Waals surface area contributed by atoms with Gasteiger partial charge in [0.25, 0.3) is 0 Å². The van der Waals surface area contributed by atoms with E-state index in [1.54, 1.807) is 0 Å². The summed E-state index contributed by atoms with van der Waals surface area (Å²) in [7, 11) is 0. The summed E-state index contributed by atoms with van der Waals surface area (Å²) in [6.07, 6.45) is 0.243. The van der Waals surface area contributed by atoms with Gasteiger partial charge in [0.2, 0.25) is 0 Å². The molecule has 0 spiro atoms. The number of hydrogen-bond donors (Lipinski definition) is 0. The second kappa shape index (κ2) is 4.31. The molecule has 0 bridgehead atoms. The Kier molecular flexibility index (Phi) is 3.35. The van der Waals surface area contributed by atoms with E-state index in [2.05, 4.69) is 26.0 Å². The standard InChI is InChI=1S/C12H17O/c1-9(2)11-6-5-7-12(8-11)13-10(3)4/h5-8,10H,1-4H3. The van der Waals surface area contributed by atoms with Gasteiger partial charge in [-0.05, 0) is 37.5 Å². The SMILES string of the molecule is C[C](C)c1cccc(OC(C)C)c1. The lowest BCUT2D eigenvalue weighted by atomic mass is 10.0. The van der Waals surface area contributed by atoms with Gasteiger partial charge in [-0.2, -0.15) is 0 Å². The van der Waals surface area contributed by atoms with Gasteiger partial charge in [0.1, 0.15) is 5.75 Å². The zero-order chi connectivity index (χ0) is 9.84.